The van der Waals surface area contributed by atoms with Crippen molar-refractivity contribution in [3.63, 3.8) is 0 Å². The van der Waals surface area contributed by atoms with Crippen molar-refractivity contribution in [3.8, 4) is 16.9 Å². The number of hydrogen-bond donors (Lipinski definition) is 1. The average Bonchev–Trinajstić information content (AvgIpc) is 3.14. The first kappa shape index (κ1) is 17.5. The molecule has 0 fully saturated rings. The van der Waals surface area contributed by atoms with Crippen LogP contribution in [0.25, 0.3) is 16.9 Å². The largest absolute Gasteiger partial charge is 0.308 e. The van der Waals surface area contributed by atoms with Gasteiger partial charge in [-0.3, -0.25) is 0 Å². The second kappa shape index (κ2) is 8.21. The van der Waals surface area contributed by atoms with Crippen molar-refractivity contribution in [2.24, 2.45) is 0 Å². The number of nitrogens with one attached hydrogen (secondary N) is 1. The molecule has 1 heterocycles. The van der Waals surface area contributed by atoms with E-state index in [1.807, 2.05) is 53.2 Å². The van der Waals surface area contributed by atoms with Crippen LogP contribution in [0.5, 0.6) is 0 Å². The monoisotopic (exact) mass is 373 g/mol. The minimum Gasteiger partial charge on any atom is -0.308 e. The molecule has 0 saturated carbocycles. The lowest BCUT2D eigenvalue weighted by molar-refractivity contribution is 0.694. The van der Waals surface area contributed by atoms with Gasteiger partial charge in [0.05, 0.1) is 11.4 Å². The van der Waals surface area contributed by atoms with Gasteiger partial charge in [-0.05, 0) is 29.8 Å². The first-order chi connectivity index (χ1) is 13.3. The molecule has 0 aliphatic rings. The van der Waals surface area contributed by atoms with Crippen LogP contribution >= 0.6 is 11.6 Å². The molecule has 0 aliphatic carbocycles. The van der Waals surface area contributed by atoms with Crippen molar-refractivity contribution in [2.75, 3.05) is 0 Å². The van der Waals surface area contributed by atoms with E-state index in [-0.39, 0.29) is 0 Å². The zero-order valence-electron chi connectivity index (χ0n) is 14.8. The van der Waals surface area contributed by atoms with Crippen LogP contribution in [-0.2, 0) is 13.1 Å². The normalized spacial score (nSPS) is 10.9. The zero-order valence-corrected chi connectivity index (χ0v) is 15.6. The third kappa shape index (κ3) is 4.27. The smallest absolute Gasteiger partial charge is 0.0973 e. The quantitative estimate of drug-likeness (QED) is 0.484. The van der Waals surface area contributed by atoms with Gasteiger partial charge in [0.15, 0.2) is 0 Å². The Balaban J connectivity index is 1.63. The summed E-state index contributed by atoms with van der Waals surface area (Å²) < 4.78 is 1.93. The van der Waals surface area contributed by atoms with E-state index in [9.17, 15) is 0 Å². The van der Waals surface area contributed by atoms with Crippen LogP contribution in [0.1, 0.15) is 11.1 Å². The highest BCUT2D eigenvalue weighted by atomic mass is 35.5. The summed E-state index contributed by atoms with van der Waals surface area (Å²) in [5.74, 6) is 0. The van der Waals surface area contributed by atoms with Gasteiger partial charge in [0.25, 0.3) is 0 Å². The third-order valence-corrected chi connectivity index (χ3v) is 4.63. The first-order valence-electron chi connectivity index (χ1n) is 8.94. The lowest BCUT2D eigenvalue weighted by Crippen LogP contribution is -2.12. The maximum atomic E-state index is 6.21. The van der Waals surface area contributed by atoms with Crippen molar-refractivity contribution in [1.29, 1.82) is 0 Å². The predicted molar refractivity (Wildman–Crippen MR) is 111 cm³/mol. The molecule has 3 nitrogen and oxygen atoms in total. The number of hydrogen-bond acceptors (Lipinski definition) is 2. The van der Waals surface area contributed by atoms with Gasteiger partial charge < -0.3 is 5.32 Å². The fourth-order valence-electron chi connectivity index (χ4n) is 3.07. The molecule has 4 rings (SSSR count). The zero-order chi connectivity index (χ0) is 18.5. The van der Waals surface area contributed by atoms with E-state index < -0.39 is 0 Å². The van der Waals surface area contributed by atoms with Crippen LogP contribution in [0.3, 0.4) is 0 Å². The molecule has 134 valence electrons. The molecule has 1 N–H and O–H groups in total. The highest BCUT2D eigenvalue weighted by Crippen LogP contribution is 2.26. The lowest BCUT2D eigenvalue weighted by atomic mass is 10.1. The predicted octanol–water partition coefficient (Wildman–Crippen LogP) is 5.48. The van der Waals surface area contributed by atoms with Gasteiger partial charge >= 0.3 is 0 Å². The molecule has 1 aromatic heterocycles. The highest BCUT2D eigenvalue weighted by Gasteiger charge is 2.12. The molecule has 0 atom stereocenters. The Morgan fingerprint density at radius 3 is 2.30 bits per heavy atom. The van der Waals surface area contributed by atoms with E-state index in [1.165, 1.54) is 5.56 Å². The number of para-hydroxylation sites is 1. The fraction of sp³-hybridized carbons (Fsp3) is 0.0870. The van der Waals surface area contributed by atoms with Crippen molar-refractivity contribution in [3.05, 3.63) is 107 Å². The van der Waals surface area contributed by atoms with Crippen molar-refractivity contribution in [1.82, 2.24) is 15.1 Å². The molecule has 0 bridgehead atoms. The van der Waals surface area contributed by atoms with Crippen LogP contribution in [0.15, 0.2) is 91.1 Å². The van der Waals surface area contributed by atoms with Crippen LogP contribution < -0.4 is 5.32 Å². The number of halogens is 1. The molecule has 4 aromatic rings. The van der Waals surface area contributed by atoms with E-state index in [0.29, 0.717) is 5.02 Å². The van der Waals surface area contributed by atoms with Gasteiger partial charge in [0.1, 0.15) is 0 Å². The van der Waals surface area contributed by atoms with Gasteiger partial charge in [-0.25, -0.2) is 4.68 Å². The molecular weight excluding hydrogens is 354 g/mol. The molecule has 0 unspecified atom stereocenters. The lowest BCUT2D eigenvalue weighted by Gasteiger charge is -2.06. The molecule has 0 spiro atoms. The number of aromatic nitrogens is 2. The van der Waals surface area contributed by atoms with E-state index in [1.54, 1.807) is 0 Å². The Kier molecular flexibility index (Phi) is 5.33. The van der Waals surface area contributed by atoms with Gasteiger partial charge in [-0.2, -0.15) is 5.10 Å². The van der Waals surface area contributed by atoms with Gasteiger partial charge in [-0.15, -0.1) is 0 Å². The second-order valence-electron chi connectivity index (χ2n) is 6.38. The Morgan fingerprint density at radius 2 is 1.56 bits per heavy atom. The van der Waals surface area contributed by atoms with Crippen molar-refractivity contribution >= 4 is 11.6 Å². The maximum Gasteiger partial charge on any atom is 0.0973 e. The van der Waals surface area contributed by atoms with E-state index in [4.69, 9.17) is 16.7 Å². The summed E-state index contributed by atoms with van der Waals surface area (Å²) in [5.41, 5.74) is 5.40. The van der Waals surface area contributed by atoms with Crippen LogP contribution in [0, 0.1) is 0 Å². The number of nitrogens with zero attached hydrogens (tertiary/aromatic N) is 2. The molecule has 0 amide bonds. The summed E-state index contributed by atoms with van der Waals surface area (Å²) in [6.45, 7) is 1.54. The Bertz CT molecular complexity index is 1010. The first-order valence-corrected chi connectivity index (χ1v) is 9.32. The Labute approximate surface area is 164 Å². The maximum absolute atomic E-state index is 6.21. The number of benzene rings is 3. The Morgan fingerprint density at radius 1 is 0.815 bits per heavy atom. The molecule has 0 saturated heterocycles. The summed E-state index contributed by atoms with van der Waals surface area (Å²) in [6, 6.07) is 28.4. The SMILES string of the molecule is Clc1cccc(-c2nn(-c3ccccc3)cc2CNCc2ccccc2)c1. The minimum absolute atomic E-state index is 0.713. The molecule has 0 radical (unpaired) electrons. The summed E-state index contributed by atoms with van der Waals surface area (Å²) in [5, 5.41) is 9.07. The summed E-state index contributed by atoms with van der Waals surface area (Å²) in [4.78, 5) is 0. The van der Waals surface area contributed by atoms with E-state index >= 15 is 0 Å². The topological polar surface area (TPSA) is 29.9 Å². The van der Waals surface area contributed by atoms with Gasteiger partial charge in [0.2, 0.25) is 0 Å². The fourth-order valence-corrected chi connectivity index (χ4v) is 3.26. The van der Waals surface area contributed by atoms with Crippen molar-refractivity contribution < 1.29 is 0 Å². The summed E-state index contributed by atoms with van der Waals surface area (Å²) in [7, 11) is 0. The van der Waals surface area contributed by atoms with Crippen molar-refractivity contribution in [2.45, 2.75) is 13.1 Å². The van der Waals surface area contributed by atoms with Gasteiger partial charge in [-0.1, -0.05) is 72.3 Å². The van der Waals surface area contributed by atoms with E-state index in [0.717, 1.165) is 35.6 Å². The second-order valence-corrected chi connectivity index (χ2v) is 6.82. The summed E-state index contributed by atoms with van der Waals surface area (Å²) >= 11 is 6.21. The highest BCUT2D eigenvalue weighted by molar-refractivity contribution is 6.30. The summed E-state index contributed by atoms with van der Waals surface area (Å²) in [6.07, 6.45) is 2.09. The third-order valence-electron chi connectivity index (χ3n) is 4.40. The molecule has 4 heteroatoms. The Hall–Kier alpha value is -2.88. The van der Waals surface area contributed by atoms with Gasteiger partial charge in [0, 0.05) is 35.4 Å². The molecular formula is C23H20ClN3. The number of rotatable bonds is 6. The standard InChI is InChI=1S/C23H20ClN3/c24-21-11-7-10-19(14-21)23-20(16-25-15-18-8-3-1-4-9-18)17-27(26-23)22-12-5-2-6-13-22/h1-14,17,25H,15-16H2. The van der Waals surface area contributed by atoms with Crippen LogP contribution in [0.2, 0.25) is 5.02 Å². The minimum atomic E-state index is 0.713. The molecule has 27 heavy (non-hydrogen) atoms. The van der Waals surface area contributed by atoms with E-state index in [2.05, 4.69) is 47.9 Å². The average molecular weight is 374 g/mol. The molecule has 0 aliphatic heterocycles. The van der Waals surface area contributed by atoms with Crippen LogP contribution in [-0.4, -0.2) is 9.78 Å². The van der Waals surface area contributed by atoms with Crippen LogP contribution in [0.4, 0.5) is 0 Å². The molecule has 3 aromatic carbocycles.